The lowest BCUT2D eigenvalue weighted by Crippen LogP contribution is -2.52. The average Bonchev–Trinajstić information content (AvgIpc) is 1.63. The summed E-state index contributed by atoms with van der Waals surface area (Å²) >= 11 is 0. The third kappa shape index (κ3) is 0.608. The van der Waals surface area contributed by atoms with Crippen molar-refractivity contribution < 1.29 is 8.78 Å². The Hall–Kier alpha value is -0.180. The first-order chi connectivity index (χ1) is 3.13. The van der Waals surface area contributed by atoms with Gasteiger partial charge in [0.1, 0.15) is 6.17 Å². The molecule has 1 nitrogen and oxygen atoms in total. The third-order valence-corrected chi connectivity index (χ3v) is 1.30. The van der Waals surface area contributed by atoms with Crippen LogP contribution in [0.5, 0.6) is 0 Å². The Morgan fingerprint density at radius 1 is 1.71 bits per heavy atom. The summed E-state index contributed by atoms with van der Waals surface area (Å²) in [6.07, 6.45) is -0.950. The summed E-state index contributed by atoms with van der Waals surface area (Å²) in [5, 5.41) is 0. The quantitative estimate of drug-likeness (QED) is 0.454. The van der Waals surface area contributed by atoms with Gasteiger partial charge in [0, 0.05) is 6.42 Å². The van der Waals surface area contributed by atoms with Crippen molar-refractivity contribution >= 4 is 0 Å². The molecule has 0 aromatic carbocycles. The second-order valence-electron chi connectivity index (χ2n) is 1.93. The molecular weight excluding hydrogens is 100 g/mol. The van der Waals surface area contributed by atoms with Gasteiger partial charge in [-0.1, -0.05) is 0 Å². The molecule has 7 heavy (non-hydrogen) atoms. The fourth-order valence-corrected chi connectivity index (χ4v) is 0.529. The molecule has 2 atom stereocenters. The minimum Gasteiger partial charge on any atom is -0.297 e. The highest BCUT2D eigenvalue weighted by atomic mass is 19.2. The molecule has 0 spiro atoms. The second kappa shape index (κ2) is 1.15. The van der Waals surface area contributed by atoms with Gasteiger partial charge in [-0.05, 0) is 6.42 Å². The molecule has 0 heterocycles. The normalized spacial score (nSPS) is 51.0. The number of halogens is 2. The summed E-state index contributed by atoms with van der Waals surface area (Å²) in [6.45, 7) is 0. The molecule has 1 fully saturated rings. The lowest BCUT2D eigenvalue weighted by molar-refractivity contribution is -0.0323. The van der Waals surface area contributed by atoms with Crippen LogP contribution in [0, 0.1) is 0 Å². The van der Waals surface area contributed by atoms with Crippen LogP contribution in [-0.4, -0.2) is 12.0 Å². The van der Waals surface area contributed by atoms with Gasteiger partial charge in [0.15, 0.2) is 5.79 Å². The molecule has 0 amide bonds. The summed E-state index contributed by atoms with van der Waals surface area (Å²) in [5.41, 5.74) is 4.72. The second-order valence-corrected chi connectivity index (χ2v) is 1.93. The average molecular weight is 107 g/mol. The molecule has 0 bridgehead atoms. The Labute approximate surface area is 40.5 Å². The molecule has 0 aliphatic heterocycles. The van der Waals surface area contributed by atoms with E-state index in [-0.39, 0.29) is 12.8 Å². The lowest BCUT2D eigenvalue weighted by atomic mass is 9.89. The zero-order chi connectivity index (χ0) is 5.49. The Morgan fingerprint density at radius 3 is 2.14 bits per heavy atom. The van der Waals surface area contributed by atoms with E-state index in [1.165, 1.54) is 0 Å². The van der Waals surface area contributed by atoms with Gasteiger partial charge in [-0.2, -0.15) is 0 Å². The van der Waals surface area contributed by atoms with Crippen molar-refractivity contribution in [1.29, 1.82) is 0 Å². The van der Waals surface area contributed by atoms with E-state index in [2.05, 4.69) is 0 Å². The van der Waals surface area contributed by atoms with Gasteiger partial charge >= 0.3 is 0 Å². The minimum absolute atomic E-state index is 0.175. The summed E-state index contributed by atoms with van der Waals surface area (Å²) < 4.78 is 23.8. The molecule has 1 aliphatic rings. The van der Waals surface area contributed by atoms with Crippen LogP contribution in [0.3, 0.4) is 0 Å². The molecule has 42 valence electrons. The van der Waals surface area contributed by atoms with Crippen molar-refractivity contribution in [2.24, 2.45) is 5.73 Å². The summed E-state index contributed by atoms with van der Waals surface area (Å²) in [7, 11) is 0. The van der Waals surface area contributed by atoms with Crippen molar-refractivity contribution in [2.75, 3.05) is 0 Å². The summed E-state index contributed by atoms with van der Waals surface area (Å²) in [5.74, 6) is -1.99. The highest BCUT2D eigenvalue weighted by Gasteiger charge is 2.44. The Kier molecular flexibility index (Phi) is 0.819. The summed E-state index contributed by atoms with van der Waals surface area (Å²) in [6, 6.07) is 0. The first kappa shape index (κ1) is 4.97. The topological polar surface area (TPSA) is 26.0 Å². The first-order valence-electron chi connectivity index (χ1n) is 2.25. The summed E-state index contributed by atoms with van der Waals surface area (Å²) in [4.78, 5) is 0. The third-order valence-electron chi connectivity index (χ3n) is 1.30. The Bertz CT molecular complexity index is 81.8. The first-order valence-corrected chi connectivity index (χ1v) is 2.25. The lowest BCUT2D eigenvalue weighted by Gasteiger charge is -2.33. The van der Waals surface area contributed by atoms with Gasteiger partial charge in [0.05, 0.1) is 0 Å². The Morgan fingerprint density at radius 2 is 2.14 bits per heavy atom. The standard InChI is InChI=1S/C4H7F2N/c5-3-1-2-4(3,6)7/h3H,1-2,7H2. The van der Waals surface area contributed by atoms with E-state index in [0.29, 0.717) is 0 Å². The molecule has 2 N–H and O–H groups in total. The number of alkyl halides is 2. The fraction of sp³-hybridized carbons (Fsp3) is 1.00. The SMILES string of the molecule is NC1(F)CCC1F. The van der Waals surface area contributed by atoms with E-state index >= 15 is 0 Å². The molecule has 3 heteroatoms. The Balaban J connectivity index is 2.43. The van der Waals surface area contributed by atoms with Gasteiger partial charge in [-0.25, -0.2) is 8.78 Å². The largest absolute Gasteiger partial charge is 0.297 e. The number of hydrogen-bond acceptors (Lipinski definition) is 1. The number of nitrogens with two attached hydrogens (primary N) is 1. The monoisotopic (exact) mass is 107 g/mol. The van der Waals surface area contributed by atoms with Crippen LogP contribution in [0.2, 0.25) is 0 Å². The molecule has 2 unspecified atom stereocenters. The van der Waals surface area contributed by atoms with Gasteiger partial charge < -0.3 is 0 Å². The van der Waals surface area contributed by atoms with Crippen LogP contribution in [0.25, 0.3) is 0 Å². The highest BCUT2D eigenvalue weighted by Crippen LogP contribution is 2.33. The molecule has 1 rings (SSSR count). The fourth-order valence-electron chi connectivity index (χ4n) is 0.529. The van der Waals surface area contributed by atoms with E-state index in [0.717, 1.165) is 0 Å². The predicted octanol–water partition coefficient (Wildman–Crippen LogP) is 0.743. The zero-order valence-corrected chi connectivity index (χ0v) is 3.82. The van der Waals surface area contributed by atoms with Crippen molar-refractivity contribution in [3.8, 4) is 0 Å². The maximum atomic E-state index is 12.0. The minimum atomic E-state index is -1.99. The highest BCUT2D eigenvalue weighted by molar-refractivity contribution is 4.91. The maximum absolute atomic E-state index is 12.0. The van der Waals surface area contributed by atoms with Crippen LogP contribution >= 0.6 is 0 Å². The maximum Gasteiger partial charge on any atom is 0.190 e. The van der Waals surface area contributed by atoms with Crippen LogP contribution in [0.1, 0.15) is 12.8 Å². The van der Waals surface area contributed by atoms with Gasteiger partial charge in [-0.15, -0.1) is 0 Å². The smallest absolute Gasteiger partial charge is 0.190 e. The molecular formula is C4H7F2N. The molecule has 0 aromatic rings. The van der Waals surface area contributed by atoms with Crippen molar-refractivity contribution in [3.63, 3.8) is 0 Å². The van der Waals surface area contributed by atoms with Crippen molar-refractivity contribution in [2.45, 2.75) is 24.8 Å². The van der Waals surface area contributed by atoms with Gasteiger partial charge in [0.25, 0.3) is 0 Å². The van der Waals surface area contributed by atoms with E-state index in [9.17, 15) is 8.78 Å². The van der Waals surface area contributed by atoms with Crippen LogP contribution < -0.4 is 5.73 Å². The van der Waals surface area contributed by atoms with Gasteiger partial charge in [-0.3, -0.25) is 5.73 Å². The van der Waals surface area contributed by atoms with E-state index in [1.54, 1.807) is 0 Å². The van der Waals surface area contributed by atoms with Crippen molar-refractivity contribution in [1.82, 2.24) is 0 Å². The van der Waals surface area contributed by atoms with Crippen molar-refractivity contribution in [3.05, 3.63) is 0 Å². The molecule has 0 radical (unpaired) electrons. The van der Waals surface area contributed by atoms with E-state index in [4.69, 9.17) is 5.73 Å². The molecule has 0 saturated heterocycles. The van der Waals surface area contributed by atoms with Gasteiger partial charge in [0.2, 0.25) is 0 Å². The van der Waals surface area contributed by atoms with E-state index in [1.807, 2.05) is 0 Å². The van der Waals surface area contributed by atoms with Crippen LogP contribution in [0.15, 0.2) is 0 Å². The molecule has 1 aliphatic carbocycles. The number of hydrogen-bond donors (Lipinski definition) is 1. The number of rotatable bonds is 0. The van der Waals surface area contributed by atoms with E-state index < -0.39 is 12.0 Å². The zero-order valence-electron chi connectivity index (χ0n) is 3.82. The van der Waals surface area contributed by atoms with Crippen LogP contribution in [0.4, 0.5) is 8.78 Å². The molecule has 0 aromatic heterocycles. The van der Waals surface area contributed by atoms with Crippen LogP contribution in [-0.2, 0) is 0 Å². The predicted molar refractivity (Wildman–Crippen MR) is 22.2 cm³/mol. The molecule has 1 saturated carbocycles.